The van der Waals surface area contributed by atoms with E-state index in [1.165, 1.54) is 12.2 Å². The summed E-state index contributed by atoms with van der Waals surface area (Å²) in [5.41, 5.74) is 8.32. The Kier molecular flexibility index (Phi) is 7.10. The Hall–Kier alpha value is -3.35. The van der Waals surface area contributed by atoms with Gasteiger partial charge in [-0.25, -0.2) is 4.79 Å². The lowest BCUT2D eigenvalue weighted by Gasteiger charge is -2.17. The number of methoxy groups -OCH3 is 1. The summed E-state index contributed by atoms with van der Waals surface area (Å²) < 4.78 is 46.6. The first-order chi connectivity index (χ1) is 12.5. The van der Waals surface area contributed by atoms with E-state index < -0.39 is 51.4 Å². The number of nitro groups is 1. The summed E-state index contributed by atoms with van der Waals surface area (Å²) in [5, 5.41) is 13.8. The zero-order chi connectivity index (χ0) is 20.8. The molecule has 0 spiro atoms. The van der Waals surface area contributed by atoms with Crippen LogP contribution in [0.4, 0.5) is 24.5 Å². The van der Waals surface area contributed by atoms with Crippen LogP contribution in [0.3, 0.4) is 0 Å². The van der Waals surface area contributed by atoms with Crippen LogP contribution >= 0.6 is 0 Å². The van der Waals surface area contributed by atoms with E-state index in [-0.39, 0.29) is 13.1 Å². The normalized spacial score (nSPS) is 11.3. The van der Waals surface area contributed by atoms with Gasteiger partial charge < -0.3 is 26.3 Å². The zero-order valence-corrected chi connectivity index (χ0v) is 13.8. The van der Waals surface area contributed by atoms with Crippen LogP contribution in [-0.4, -0.2) is 43.2 Å². The van der Waals surface area contributed by atoms with E-state index >= 15 is 0 Å². The topological polar surface area (TPSA) is 160 Å². The largest absolute Gasteiger partial charge is 0.491 e. The monoisotopic (exact) mass is 392 g/mol. The molecule has 0 saturated heterocycles. The van der Waals surface area contributed by atoms with Crippen molar-refractivity contribution in [3.8, 4) is 11.5 Å². The molecule has 27 heavy (non-hydrogen) atoms. The van der Waals surface area contributed by atoms with Gasteiger partial charge in [0, 0.05) is 19.2 Å². The Labute approximate surface area is 150 Å². The maximum Gasteiger partial charge on any atom is 0.491 e. The van der Waals surface area contributed by atoms with Crippen LogP contribution < -0.4 is 26.3 Å². The van der Waals surface area contributed by atoms with Crippen LogP contribution in [0.15, 0.2) is 18.2 Å². The molecule has 0 saturated carbocycles. The first-order valence-electron chi connectivity index (χ1n) is 7.11. The molecule has 0 aliphatic carbocycles. The van der Waals surface area contributed by atoms with Gasteiger partial charge in [0.1, 0.15) is 0 Å². The third-order valence-corrected chi connectivity index (χ3v) is 3.01. The van der Waals surface area contributed by atoms with Gasteiger partial charge in [-0.3, -0.25) is 14.9 Å². The summed E-state index contributed by atoms with van der Waals surface area (Å²) >= 11 is 0. The summed E-state index contributed by atoms with van der Waals surface area (Å²) in [6.07, 6.45) is -2.40. The van der Waals surface area contributed by atoms with Crippen molar-refractivity contribution >= 4 is 23.3 Å². The number of alkyl halides is 3. The van der Waals surface area contributed by atoms with E-state index in [0.717, 1.165) is 7.11 Å². The van der Waals surface area contributed by atoms with Crippen LogP contribution in [0.5, 0.6) is 11.5 Å². The first-order valence-corrected chi connectivity index (χ1v) is 7.11. The van der Waals surface area contributed by atoms with E-state index in [4.69, 9.17) is 16.2 Å². The predicted octanol–water partition coefficient (Wildman–Crippen LogP) is 1.10. The van der Waals surface area contributed by atoms with Gasteiger partial charge in [0.05, 0.1) is 17.6 Å². The minimum Gasteiger partial charge on any atom is -0.491 e. The number of nitrogens with one attached hydrogen (secondary N) is 1. The minimum absolute atomic E-state index is 0.0308. The highest BCUT2D eigenvalue weighted by atomic mass is 19.4. The third-order valence-electron chi connectivity index (χ3n) is 3.01. The van der Waals surface area contributed by atoms with E-state index in [1.807, 2.05) is 0 Å². The van der Waals surface area contributed by atoms with Crippen molar-refractivity contribution in [3.63, 3.8) is 0 Å². The molecule has 1 amide bonds. The molecule has 0 fully saturated rings. The van der Waals surface area contributed by atoms with Crippen molar-refractivity contribution in [3.05, 3.63) is 33.9 Å². The second-order valence-corrected chi connectivity index (χ2v) is 4.78. The molecule has 0 atom stereocenters. The van der Waals surface area contributed by atoms with Gasteiger partial charge in [0.25, 0.3) is 11.6 Å². The van der Waals surface area contributed by atoms with E-state index in [1.54, 1.807) is 0 Å². The Balaban J connectivity index is 3.62. The SMILES string of the molecule is COc1c(NC/C=C/CN)c([N+](=O)[O-])cc(C(N)=O)c1OC(=O)C(F)(F)F. The highest BCUT2D eigenvalue weighted by molar-refractivity contribution is 6.00. The summed E-state index contributed by atoms with van der Waals surface area (Å²) in [7, 11) is 0.954. The fourth-order valence-corrected chi connectivity index (χ4v) is 1.91. The molecule has 148 valence electrons. The number of anilines is 1. The Morgan fingerprint density at radius 2 is 1.96 bits per heavy atom. The van der Waals surface area contributed by atoms with Crippen LogP contribution in [-0.2, 0) is 4.79 Å². The highest BCUT2D eigenvalue weighted by Gasteiger charge is 2.43. The standard InChI is InChI=1S/C14H15F3N4O6/c1-26-11-9(20-5-3-2-4-18)8(21(24)25)6-7(12(19)22)10(11)27-13(23)14(15,16)17/h2-3,6,20H,4-5,18H2,1H3,(H2,19,22)/b3-2+. The van der Waals surface area contributed by atoms with Crippen molar-refractivity contribution < 1.29 is 37.2 Å². The summed E-state index contributed by atoms with van der Waals surface area (Å²) in [6.45, 7) is 0.146. The molecular formula is C14H15F3N4O6. The molecule has 13 heteroatoms. The van der Waals surface area contributed by atoms with Crippen molar-refractivity contribution in [2.24, 2.45) is 11.5 Å². The van der Waals surface area contributed by atoms with Crippen molar-refractivity contribution in [2.45, 2.75) is 6.18 Å². The lowest BCUT2D eigenvalue weighted by molar-refractivity contribution is -0.384. The third kappa shape index (κ3) is 5.31. The number of carbonyl (C=O) groups excluding carboxylic acids is 2. The van der Waals surface area contributed by atoms with Gasteiger partial charge >= 0.3 is 12.1 Å². The quantitative estimate of drug-likeness (QED) is 0.195. The van der Waals surface area contributed by atoms with Crippen molar-refractivity contribution in [1.29, 1.82) is 0 Å². The second kappa shape index (κ2) is 8.84. The average molecular weight is 392 g/mol. The number of nitro benzene ring substituents is 1. The van der Waals surface area contributed by atoms with E-state index in [9.17, 15) is 32.9 Å². The Bertz CT molecular complexity index is 779. The molecule has 1 aromatic carbocycles. The summed E-state index contributed by atoms with van der Waals surface area (Å²) in [6, 6.07) is 0.582. The number of nitrogens with two attached hydrogens (primary N) is 2. The summed E-state index contributed by atoms with van der Waals surface area (Å²) in [5.74, 6) is -5.69. The number of rotatable bonds is 8. The highest BCUT2D eigenvalue weighted by Crippen LogP contribution is 2.45. The Morgan fingerprint density at radius 1 is 1.33 bits per heavy atom. The molecule has 0 heterocycles. The number of esters is 1. The number of hydrogen-bond acceptors (Lipinski definition) is 8. The number of hydrogen-bond donors (Lipinski definition) is 3. The first kappa shape index (κ1) is 21.7. The maximum atomic E-state index is 12.5. The molecule has 0 bridgehead atoms. The molecule has 0 aliphatic heterocycles. The number of nitrogens with zero attached hydrogens (tertiary/aromatic N) is 1. The van der Waals surface area contributed by atoms with Gasteiger partial charge in [-0.15, -0.1) is 0 Å². The van der Waals surface area contributed by atoms with E-state index in [2.05, 4.69) is 10.1 Å². The van der Waals surface area contributed by atoms with Crippen LogP contribution in [0, 0.1) is 10.1 Å². The molecule has 1 aromatic rings. The van der Waals surface area contributed by atoms with Gasteiger partial charge in [-0.1, -0.05) is 12.2 Å². The lowest BCUT2D eigenvalue weighted by atomic mass is 10.1. The van der Waals surface area contributed by atoms with Gasteiger partial charge in [-0.05, 0) is 0 Å². The molecule has 0 radical (unpaired) electrons. The number of halogens is 3. The molecule has 0 aromatic heterocycles. The number of amides is 1. The maximum absolute atomic E-state index is 12.5. The molecule has 5 N–H and O–H groups in total. The van der Waals surface area contributed by atoms with E-state index in [0.29, 0.717) is 6.07 Å². The molecule has 0 aliphatic rings. The predicted molar refractivity (Wildman–Crippen MR) is 86.5 cm³/mol. The van der Waals surface area contributed by atoms with Gasteiger partial charge in [0.15, 0.2) is 17.2 Å². The fraction of sp³-hybridized carbons (Fsp3) is 0.286. The lowest BCUT2D eigenvalue weighted by Crippen LogP contribution is -2.29. The fourth-order valence-electron chi connectivity index (χ4n) is 1.91. The van der Waals surface area contributed by atoms with Gasteiger partial charge in [0.2, 0.25) is 0 Å². The molecule has 1 rings (SSSR count). The van der Waals surface area contributed by atoms with Crippen molar-refractivity contribution in [1.82, 2.24) is 0 Å². The zero-order valence-electron chi connectivity index (χ0n) is 13.8. The molecule has 10 nitrogen and oxygen atoms in total. The average Bonchev–Trinajstić information content (AvgIpc) is 2.57. The number of ether oxygens (including phenoxy) is 2. The van der Waals surface area contributed by atoms with Crippen LogP contribution in [0.1, 0.15) is 10.4 Å². The Morgan fingerprint density at radius 3 is 2.41 bits per heavy atom. The van der Waals surface area contributed by atoms with Crippen molar-refractivity contribution in [2.75, 3.05) is 25.5 Å². The second-order valence-electron chi connectivity index (χ2n) is 4.78. The van der Waals surface area contributed by atoms with Gasteiger partial charge in [-0.2, -0.15) is 13.2 Å². The smallest absolute Gasteiger partial charge is 0.491 e. The number of benzene rings is 1. The van der Waals surface area contributed by atoms with Crippen LogP contribution in [0.25, 0.3) is 0 Å². The molecule has 0 unspecified atom stereocenters. The summed E-state index contributed by atoms with van der Waals surface area (Å²) in [4.78, 5) is 33.1. The minimum atomic E-state index is -5.39. The number of carbonyl (C=O) groups is 2. The molecular weight excluding hydrogens is 377 g/mol. The number of primary amides is 1. The van der Waals surface area contributed by atoms with Crippen LogP contribution in [0.2, 0.25) is 0 Å².